The number of likely N-dealkylation sites (tertiary alicyclic amines) is 1. The predicted molar refractivity (Wildman–Crippen MR) is 127 cm³/mol. The second kappa shape index (κ2) is 8.93. The van der Waals surface area contributed by atoms with Gasteiger partial charge in [0.2, 0.25) is 5.95 Å². The summed E-state index contributed by atoms with van der Waals surface area (Å²) in [7, 11) is 3.15. The van der Waals surface area contributed by atoms with Crippen molar-refractivity contribution in [3.63, 3.8) is 0 Å². The largest absolute Gasteiger partial charge is 0.495 e. The molecule has 3 heterocycles. The van der Waals surface area contributed by atoms with Crippen LogP contribution in [0.5, 0.6) is 5.75 Å². The number of nitrogens with zero attached hydrogens (tertiary/aromatic N) is 5. The number of anilines is 1. The van der Waals surface area contributed by atoms with Crippen LogP contribution in [0.2, 0.25) is 0 Å². The Morgan fingerprint density at radius 2 is 1.94 bits per heavy atom. The molecule has 1 aromatic carbocycles. The van der Waals surface area contributed by atoms with Crippen molar-refractivity contribution in [2.24, 2.45) is 0 Å². The number of rotatable bonds is 5. The zero-order valence-corrected chi connectivity index (χ0v) is 20.2. The van der Waals surface area contributed by atoms with Gasteiger partial charge in [-0.1, -0.05) is 12.1 Å². The maximum Gasteiger partial charge on any atom is 0.411 e. The molecule has 0 spiro atoms. The van der Waals surface area contributed by atoms with Gasteiger partial charge in [0.15, 0.2) is 11.3 Å². The van der Waals surface area contributed by atoms with Gasteiger partial charge in [0, 0.05) is 13.6 Å². The molecule has 1 fully saturated rings. The Balaban J connectivity index is 1.83. The number of H-pyrrole nitrogens is 1. The first-order valence-electron chi connectivity index (χ1n) is 11.1. The minimum atomic E-state index is -1.32. The van der Waals surface area contributed by atoms with E-state index in [1.165, 1.54) is 11.7 Å². The van der Waals surface area contributed by atoms with E-state index in [1.807, 2.05) is 0 Å². The zero-order chi connectivity index (χ0) is 25.5. The number of ether oxygens (including phenoxy) is 2. The first kappa shape index (κ1) is 24.0. The van der Waals surface area contributed by atoms with Crippen LogP contribution in [0.4, 0.5) is 10.7 Å². The Hall–Kier alpha value is -4.09. The molecule has 12 heteroatoms. The van der Waals surface area contributed by atoms with Crippen LogP contribution in [0, 0.1) is 0 Å². The van der Waals surface area contributed by atoms with Crippen molar-refractivity contribution in [3.8, 4) is 11.4 Å². The second-order valence-corrected chi connectivity index (χ2v) is 9.22. The third-order valence-corrected chi connectivity index (χ3v) is 5.67. The minimum Gasteiger partial charge on any atom is -0.495 e. The molecule has 0 saturated carbocycles. The number of nitrogens with one attached hydrogen (secondary N) is 1. The minimum absolute atomic E-state index is 0.0130. The van der Waals surface area contributed by atoms with E-state index in [9.17, 15) is 19.5 Å². The summed E-state index contributed by atoms with van der Waals surface area (Å²) in [6, 6.07) is 6.84. The summed E-state index contributed by atoms with van der Waals surface area (Å²) in [5.41, 5.74) is -1.14. The number of aromatic nitrogens is 4. The molecule has 1 aliphatic heterocycles. The number of methoxy groups -OCH3 is 1. The van der Waals surface area contributed by atoms with E-state index in [-0.39, 0.29) is 22.8 Å². The van der Waals surface area contributed by atoms with E-state index in [0.717, 1.165) is 6.42 Å². The molecule has 1 amide bonds. The number of fused-ring (bicyclic) bond motifs is 1. The van der Waals surface area contributed by atoms with Gasteiger partial charge in [0.05, 0.1) is 12.8 Å². The lowest BCUT2D eigenvalue weighted by atomic mass is 10.2. The second-order valence-electron chi connectivity index (χ2n) is 9.22. The summed E-state index contributed by atoms with van der Waals surface area (Å²) in [5.74, 6) is -0.860. The van der Waals surface area contributed by atoms with Gasteiger partial charge < -0.3 is 24.5 Å². The Bertz CT molecular complexity index is 1340. The van der Waals surface area contributed by atoms with Gasteiger partial charge in [0.1, 0.15) is 23.0 Å². The number of imidazole rings is 1. The maximum absolute atomic E-state index is 12.9. The van der Waals surface area contributed by atoms with Gasteiger partial charge in [-0.15, -0.1) is 0 Å². The average Bonchev–Trinajstić information content (AvgIpc) is 3.40. The number of benzene rings is 1. The van der Waals surface area contributed by atoms with Crippen LogP contribution >= 0.6 is 0 Å². The number of carboxylic acids is 1. The molecule has 35 heavy (non-hydrogen) atoms. The number of carboxylic acid groups (broad SMARTS) is 1. The number of carbonyl (C=O) groups excluding carboxylic acids is 1. The molecule has 3 aromatic rings. The summed E-state index contributed by atoms with van der Waals surface area (Å²) < 4.78 is 12.2. The molecule has 0 radical (unpaired) electrons. The van der Waals surface area contributed by atoms with Crippen LogP contribution in [-0.4, -0.2) is 74.1 Å². The number of amides is 1. The summed E-state index contributed by atoms with van der Waals surface area (Å²) in [5, 5.41) is 9.84. The first-order chi connectivity index (χ1) is 16.5. The standard InChI is InChI=1S/C23H28N6O6/c1-23(2,3)35-22(33)28-12-8-11-15(28)27(4)20-24-17(19(30)31)16-18(26-20)29(21(32)25-16)13-9-6-7-10-14(13)34-5/h6-7,9-10,15H,8,11-12H2,1-5H3,(H,25,32)(H,30,31). The fraction of sp³-hybridized carbons (Fsp3) is 0.435. The molecule has 1 aliphatic rings. The summed E-state index contributed by atoms with van der Waals surface area (Å²) in [6.07, 6.45) is 0.429. The summed E-state index contributed by atoms with van der Waals surface area (Å²) in [6.45, 7) is 5.85. The van der Waals surface area contributed by atoms with Crippen LogP contribution < -0.4 is 15.3 Å². The Kier molecular flexibility index (Phi) is 6.14. The number of aromatic carboxylic acids is 1. The molecule has 1 unspecified atom stereocenters. The van der Waals surface area contributed by atoms with Gasteiger partial charge in [-0.05, 0) is 45.7 Å². The number of hydrogen-bond acceptors (Lipinski definition) is 8. The molecule has 1 atom stereocenters. The highest BCUT2D eigenvalue weighted by Crippen LogP contribution is 2.28. The van der Waals surface area contributed by atoms with Crippen LogP contribution in [0.1, 0.15) is 44.1 Å². The van der Waals surface area contributed by atoms with Crippen molar-refractivity contribution < 1.29 is 24.2 Å². The van der Waals surface area contributed by atoms with Crippen molar-refractivity contribution in [3.05, 3.63) is 40.4 Å². The van der Waals surface area contributed by atoms with Crippen LogP contribution in [0.25, 0.3) is 16.9 Å². The topological polar surface area (TPSA) is 143 Å². The monoisotopic (exact) mass is 484 g/mol. The highest BCUT2D eigenvalue weighted by atomic mass is 16.6. The highest BCUT2D eigenvalue weighted by molar-refractivity contribution is 5.98. The van der Waals surface area contributed by atoms with Crippen LogP contribution in [0.15, 0.2) is 29.1 Å². The molecule has 12 nitrogen and oxygen atoms in total. The van der Waals surface area contributed by atoms with E-state index in [4.69, 9.17) is 9.47 Å². The highest BCUT2D eigenvalue weighted by Gasteiger charge is 2.36. The first-order valence-corrected chi connectivity index (χ1v) is 11.1. The van der Waals surface area contributed by atoms with Gasteiger partial charge in [0.25, 0.3) is 0 Å². The lowest BCUT2D eigenvalue weighted by Gasteiger charge is -2.33. The maximum atomic E-state index is 12.9. The third-order valence-electron chi connectivity index (χ3n) is 5.67. The summed E-state index contributed by atoms with van der Waals surface area (Å²) >= 11 is 0. The third kappa shape index (κ3) is 4.51. The van der Waals surface area contributed by atoms with Gasteiger partial charge >= 0.3 is 17.8 Å². The zero-order valence-electron chi connectivity index (χ0n) is 20.2. The number of para-hydroxylation sites is 2. The predicted octanol–water partition coefficient (Wildman–Crippen LogP) is 2.61. The van der Waals surface area contributed by atoms with E-state index in [0.29, 0.717) is 24.4 Å². The molecule has 0 aliphatic carbocycles. The van der Waals surface area contributed by atoms with Crippen LogP contribution in [0.3, 0.4) is 0 Å². The van der Waals surface area contributed by atoms with E-state index in [2.05, 4.69) is 15.0 Å². The summed E-state index contributed by atoms with van der Waals surface area (Å²) in [4.78, 5) is 52.3. The van der Waals surface area contributed by atoms with E-state index >= 15 is 0 Å². The van der Waals surface area contributed by atoms with E-state index in [1.54, 1.807) is 61.9 Å². The smallest absolute Gasteiger partial charge is 0.411 e. The van der Waals surface area contributed by atoms with Crippen molar-refractivity contribution >= 4 is 29.2 Å². The molecule has 186 valence electrons. The van der Waals surface area contributed by atoms with Gasteiger partial charge in [-0.3, -0.25) is 4.90 Å². The fourth-order valence-electron chi connectivity index (χ4n) is 4.14. The van der Waals surface area contributed by atoms with Crippen molar-refractivity contribution in [1.82, 2.24) is 24.4 Å². The van der Waals surface area contributed by atoms with Crippen LogP contribution in [-0.2, 0) is 4.74 Å². The van der Waals surface area contributed by atoms with Gasteiger partial charge in [-0.2, -0.15) is 4.98 Å². The molecular formula is C23H28N6O6. The van der Waals surface area contributed by atoms with Crippen molar-refractivity contribution in [1.29, 1.82) is 0 Å². The number of hydrogen-bond donors (Lipinski definition) is 2. The molecule has 4 rings (SSSR count). The molecule has 0 bridgehead atoms. The molecule has 2 aromatic heterocycles. The Morgan fingerprint density at radius 1 is 1.23 bits per heavy atom. The fourth-order valence-corrected chi connectivity index (χ4v) is 4.14. The normalized spacial score (nSPS) is 15.9. The lowest BCUT2D eigenvalue weighted by Crippen LogP contribution is -2.48. The quantitative estimate of drug-likeness (QED) is 0.558. The Labute approximate surface area is 201 Å². The van der Waals surface area contributed by atoms with E-state index < -0.39 is 29.5 Å². The molecule has 2 N–H and O–H groups in total. The SMILES string of the molecule is COc1ccccc1-n1c(=O)[nH]c2c(C(=O)O)nc(N(C)C3CCCN3C(=O)OC(C)(C)C)nc21. The molecule has 1 saturated heterocycles. The number of aromatic amines is 1. The number of carbonyl (C=O) groups is 2. The van der Waals surface area contributed by atoms with Crippen molar-refractivity contribution in [2.45, 2.75) is 45.4 Å². The molecular weight excluding hydrogens is 456 g/mol. The Morgan fingerprint density at radius 3 is 2.60 bits per heavy atom. The van der Waals surface area contributed by atoms with Gasteiger partial charge in [-0.25, -0.2) is 23.9 Å². The average molecular weight is 485 g/mol. The van der Waals surface area contributed by atoms with Crippen molar-refractivity contribution in [2.75, 3.05) is 25.6 Å². The lowest BCUT2D eigenvalue weighted by molar-refractivity contribution is 0.0225.